The van der Waals surface area contributed by atoms with Gasteiger partial charge in [-0.3, -0.25) is 9.59 Å². The van der Waals surface area contributed by atoms with E-state index in [0.29, 0.717) is 23.4 Å². The molecule has 2 rings (SSSR count). The number of esters is 1. The Hall–Kier alpha value is -1.90. The van der Waals surface area contributed by atoms with Crippen LogP contribution in [0.3, 0.4) is 0 Å². The number of hydrogen-bond acceptors (Lipinski definition) is 5. The lowest BCUT2D eigenvalue weighted by molar-refractivity contribution is -0.146. The number of nitrogens with one attached hydrogen (secondary N) is 1. The molecular formula is C16H19ClN2O5S. The Morgan fingerprint density at radius 3 is 2.60 bits per heavy atom. The fraction of sp³-hybridized carbons (Fsp3) is 0.375. The number of benzene rings is 1. The molecule has 1 aliphatic rings. The maximum Gasteiger partial charge on any atom is 0.308 e. The summed E-state index contributed by atoms with van der Waals surface area (Å²) in [7, 11) is -2.64. The van der Waals surface area contributed by atoms with E-state index < -0.39 is 16.1 Å². The molecule has 0 radical (unpaired) electrons. The Morgan fingerprint density at radius 2 is 2.00 bits per heavy atom. The predicted molar refractivity (Wildman–Crippen MR) is 93.9 cm³/mol. The standard InChI is InChI=1S/C16H19ClN2O5S/c1-24-16(21)13-7-9-19(10-8-13)25(22,23)18-15(20)6-5-12-3-2-4-14(17)11-12/h2-6,11,13H,7-10H2,1H3,(H,18,20)/b6-5-. The van der Waals surface area contributed by atoms with Crippen LogP contribution in [0.25, 0.3) is 6.08 Å². The first kappa shape index (κ1) is 19.4. The lowest BCUT2D eigenvalue weighted by Crippen LogP contribution is -2.47. The van der Waals surface area contributed by atoms with Crippen LogP contribution < -0.4 is 4.72 Å². The number of nitrogens with zero attached hydrogens (tertiary/aromatic N) is 1. The first-order valence-electron chi connectivity index (χ1n) is 7.65. The zero-order chi connectivity index (χ0) is 18.4. The van der Waals surface area contributed by atoms with E-state index in [0.717, 1.165) is 10.4 Å². The second-order valence-corrected chi connectivity index (χ2v) is 7.66. The molecule has 1 fully saturated rings. The summed E-state index contributed by atoms with van der Waals surface area (Å²) in [6.07, 6.45) is 3.32. The molecule has 9 heteroatoms. The third kappa shape index (κ3) is 5.55. The van der Waals surface area contributed by atoms with Gasteiger partial charge in [-0.05, 0) is 36.6 Å². The Morgan fingerprint density at radius 1 is 1.32 bits per heavy atom. The highest BCUT2D eigenvalue weighted by atomic mass is 35.5. The molecule has 0 atom stereocenters. The number of piperidine rings is 1. The van der Waals surface area contributed by atoms with Gasteiger partial charge in [0, 0.05) is 24.2 Å². The number of rotatable bonds is 5. The molecule has 0 bridgehead atoms. The highest BCUT2D eigenvalue weighted by Crippen LogP contribution is 2.20. The molecular weight excluding hydrogens is 368 g/mol. The van der Waals surface area contributed by atoms with Gasteiger partial charge in [-0.2, -0.15) is 12.7 Å². The van der Waals surface area contributed by atoms with Crippen molar-refractivity contribution < 1.29 is 22.7 Å². The van der Waals surface area contributed by atoms with Crippen molar-refractivity contribution in [1.29, 1.82) is 0 Å². The molecule has 0 aliphatic carbocycles. The normalized spacial score (nSPS) is 16.7. The number of carbonyl (C=O) groups excluding carboxylic acids is 2. The van der Waals surface area contributed by atoms with Crippen LogP contribution in [0.5, 0.6) is 0 Å². The Kier molecular flexibility index (Phi) is 6.57. The van der Waals surface area contributed by atoms with Gasteiger partial charge < -0.3 is 4.74 Å². The molecule has 0 unspecified atom stereocenters. The number of hydrogen-bond donors (Lipinski definition) is 1. The van der Waals surface area contributed by atoms with Crippen LogP contribution in [0, 0.1) is 5.92 Å². The van der Waals surface area contributed by atoms with Crippen molar-refractivity contribution in [2.24, 2.45) is 5.92 Å². The zero-order valence-corrected chi connectivity index (χ0v) is 15.2. The number of methoxy groups -OCH3 is 1. The van der Waals surface area contributed by atoms with Crippen molar-refractivity contribution >= 4 is 39.8 Å². The minimum atomic E-state index is -3.95. The molecule has 7 nitrogen and oxygen atoms in total. The van der Waals surface area contributed by atoms with Crippen LogP contribution in [0.15, 0.2) is 30.3 Å². The van der Waals surface area contributed by atoms with E-state index in [-0.39, 0.29) is 25.0 Å². The first-order valence-corrected chi connectivity index (χ1v) is 9.47. The summed E-state index contributed by atoms with van der Waals surface area (Å²) in [6.45, 7) is 0.306. The van der Waals surface area contributed by atoms with Crippen molar-refractivity contribution in [3.63, 3.8) is 0 Å². The van der Waals surface area contributed by atoms with E-state index in [4.69, 9.17) is 11.6 Å². The number of halogens is 1. The molecule has 1 aromatic carbocycles. The largest absolute Gasteiger partial charge is 0.469 e. The van der Waals surface area contributed by atoms with Gasteiger partial charge in [0.2, 0.25) is 0 Å². The zero-order valence-electron chi connectivity index (χ0n) is 13.6. The van der Waals surface area contributed by atoms with Crippen molar-refractivity contribution in [1.82, 2.24) is 9.03 Å². The van der Waals surface area contributed by atoms with E-state index in [9.17, 15) is 18.0 Å². The summed E-state index contributed by atoms with van der Waals surface area (Å²) in [4.78, 5) is 23.3. The van der Waals surface area contributed by atoms with Gasteiger partial charge in [0.25, 0.3) is 5.91 Å². The fourth-order valence-corrected chi connectivity index (χ4v) is 3.85. The van der Waals surface area contributed by atoms with Crippen LogP contribution in [0.1, 0.15) is 18.4 Å². The van der Waals surface area contributed by atoms with Crippen LogP contribution in [-0.4, -0.2) is 44.8 Å². The van der Waals surface area contributed by atoms with Crippen LogP contribution in [0.2, 0.25) is 5.02 Å². The SMILES string of the molecule is COC(=O)C1CCN(S(=O)(=O)NC(=O)/C=C\c2cccc(Cl)c2)CC1. The Labute approximate surface area is 151 Å². The van der Waals surface area contributed by atoms with Crippen molar-refractivity contribution in [3.8, 4) is 0 Å². The molecule has 0 saturated carbocycles. The van der Waals surface area contributed by atoms with Gasteiger partial charge in [-0.1, -0.05) is 23.7 Å². The fourth-order valence-electron chi connectivity index (χ4n) is 2.51. The summed E-state index contributed by atoms with van der Waals surface area (Å²) in [5, 5.41) is 0.517. The quantitative estimate of drug-likeness (QED) is 0.613. The monoisotopic (exact) mass is 386 g/mol. The van der Waals surface area contributed by atoms with E-state index in [2.05, 4.69) is 4.74 Å². The molecule has 1 aliphatic heterocycles. The number of ether oxygens (including phenoxy) is 1. The van der Waals surface area contributed by atoms with Gasteiger partial charge >= 0.3 is 16.2 Å². The maximum absolute atomic E-state index is 12.2. The minimum absolute atomic E-state index is 0.153. The van der Waals surface area contributed by atoms with Gasteiger partial charge in [0.05, 0.1) is 13.0 Å². The second-order valence-electron chi connectivity index (χ2n) is 5.56. The van der Waals surface area contributed by atoms with Gasteiger partial charge in [0.1, 0.15) is 0 Å². The summed E-state index contributed by atoms with van der Waals surface area (Å²) < 4.78 is 32.3. The maximum atomic E-state index is 12.2. The third-order valence-corrected chi connectivity index (χ3v) is 5.57. The average molecular weight is 387 g/mol. The Bertz CT molecular complexity index is 770. The van der Waals surface area contributed by atoms with Crippen LogP contribution in [0.4, 0.5) is 0 Å². The van der Waals surface area contributed by atoms with E-state index in [1.807, 2.05) is 4.72 Å². The van der Waals surface area contributed by atoms with E-state index in [1.165, 1.54) is 13.2 Å². The molecule has 1 amide bonds. The van der Waals surface area contributed by atoms with Gasteiger partial charge in [-0.15, -0.1) is 0 Å². The molecule has 136 valence electrons. The lowest BCUT2D eigenvalue weighted by atomic mass is 9.99. The van der Waals surface area contributed by atoms with Crippen molar-refractivity contribution in [2.45, 2.75) is 12.8 Å². The summed E-state index contributed by atoms with van der Waals surface area (Å²) in [6, 6.07) is 6.81. The third-order valence-electron chi connectivity index (χ3n) is 3.83. The summed E-state index contributed by atoms with van der Waals surface area (Å²) in [5.74, 6) is -1.41. The predicted octanol–water partition coefficient (Wildman–Crippen LogP) is 1.60. The highest BCUT2D eigenvalue weighted by molar-refractivity contribution is 7.87. The minimum Gasteiger partial charge on any atom is -0.469 e. The number of carbonyl (C=O) groups is 2. The molecule has 0 aromatic heterocycles. The summed E-state index contributed by atoms with van der Waals surface area (Å²) >= 11 is 5.84. The van der Waals surface area contributed by atoms with Gasteiger partial charge in [-0.25, -0.2) is 4.72 Å². The smallest absolute Gasteiger partial charge is 0.308 e. The summed E-state index contributed by atoms with van der Waals surface area (Å²) in [5.41, 5.74) is 0.680. The second kappa shape index (κ2) is 8.46. The van der Waals surface area contributed by atoms with Crippen molar-refractivity contribution in [3.05, 3.63) is 40.9 Å². The Balaban J connectivity index is 1.92. The van der Waals surface area contributed by atoms with Crippen molar-refractivity contribution in [2.75, 3.05) is 20.2 Å². The van der Waals surface area contributed by atoms with Crippen LogP contribution in [-0.2, 0) is 24.5 Å². The highest BCUT2D eigenvalue weighted by Gasteiger charge is 2.32. The topological polar surface area (TPSA) is 92.8 Å². The molecule has 1 saturated heterocycles. The van der Waals surface area contributed by atoms with Crippen LogP contribution >= 0.6 is 11.6 Å². The first-order chi connectivity index (χ1) is 11.8. The van der Waals surface area contributed by atoms with E-state index >= 15 is 0 Å². The van der Waals surface area contributed by atoms with E-state index in [1.54, 1.807) is 24.3 Å². The average Bonchev–Trinajstić information content (AvgIpc) is 2.59. The number of amides is 1. The lowest BCUT2D eigenvalue weighted by Gasteiger charge is -2.29. The molecule has 1 N–H and O–H groups in total. The van der Waals surface area contributed by atoms with Gasteiger partial charge in [0.15, 0.2) is 0 Å². The molecule has 0 spiro atoms. The molecule has 25 heavy (non-hydrogen) atoms. The molecule has 1 heterocycles. The molecule has 1 aromatic rings.